The molecule has 3 N–H and O–H groups in total. The second-order valence-corrected chi connectivity index (χ2v) is 7.02. The Morgan fingerprint density at radius 2 is 1.88 bits per heavy atom. The van der Waals surface area contributed by atoms with E-state index in [9.17, 15) is 20.1 Å². The van der Waals surface area contributed by atoms with Crippen LogP contribution < -0.4 is 0 Å². The second kappa shape index (κ2) is 8.24. The van der Waals surface area contributed by atoms with Crippen molar-refractivity contribution in [3.63, 3.8) is 0 Å². The van der Waals surface area contributed by atoms with Crippen LogP contribution in [0, 0.1) is 5.92 Å². The summed E-state index contributed by atoms with van der Waals surface area (Å²) in [6, 6.07) is 3.40. The van der Waals surface area contributed by atoms with Gasteiger partial charge in [0.2, 0.25) is 0 Å². The third-order valence-electron chi connectivity index (χ3n) is 5.07. The SMILES string of the molecule is C=C(C(=O)O)[C@@H]1CCC(C)=C[C@H]1c1c(O)cc(CCCCC)cc1O. The molecule has 136 valence electrons. The lowest BCUT2D eigenvalue weighted by Crippen LogP contribution is -2.22. The normalized spacial score (nSPS) is 20.2. The van der Waals surface area contributed by atoms with Crippen molar-refractivity contribution in [3.05, 3.63) is 47.1 Å². The maximum atomic E-state index is 11.4. The Labute approximate surface area is 149 Å². The van der Waals surface area contributed by atoms with Gasteiger partial charge in [-0.1, -0.05) is 38.0 Å². The highest BCUT2D eigenvalue weighted by atomic mass is 16.4. The Balaban J connectivity index is 2.38. The van der Waals surface area contributed by atoms with Crippen LogP contribution in [0.15, 0.2) is 35.9 Å². The summed E-state index contributed by atoms with van der Waals surface area (Å²) in [6.07, 6.45) is 7.43. The molecule has 2 atom stereocenters. The number of hydrogen-bond acceptors (Lipinski definition) is 3. The van der Waals surface area contributed by atoms with Crippen LogP contribution in [0.3, 0.4) is 0 Å². The summed E-state index contributed by atoms with van der Waals surface area (Å²) in [5, 5.41) is 30.4. The van der Waals surface area contributed by atoms with Gasteiger partial charge in [0.05, 0.1) is 0 Å². The smallest absolute Gasteiger partial charge is 0.331 e. The molecule has 4 heteroatoms. The second-order valence-electron chi connectivity index (χ2n) is 7.02. The Morgan fingerprint density at radius 1 is 1.24 bits per heavy atom. The Morgan fingerprint density at radius 3 is 2.44 bits per heavy atom. The van der Waals surface area contributed by atoms with E-state index in [4.69, 9.17) is 0 Å². The van der Waals surface area contributed by atoms with Gasteiger partial charge >= 0.3 is 5.97 Å². The molecular formula is C21H28O4. The van der Waals surface area contributed by atoms with Gasteiger partial charge in [0.25, 0.3) is 0 Å². The number of aliphatic carboxylic acids is 1. The van der Waals surface area contributed by atoms with Gasteiger partial charge in [-0.3, -0.25) is 0 Å². The maximum Gasteiger partial charge on any atom is 0.331 e. The summed E-state index contributed by atoms with van der Waals surface area (Å²) in [5.74, 6) is -1.67. The number of benzene rings is 1. The van der Waals surface area contributed by atoms with E-state index in [1.165, 1.54) is 0 Å². The van der Waals surface area contributed by atoms with E-state index in [0.29, 0.717) is 12.0 Å². The minimum absolute atomic E-state index is 0.0330. The van der Waals surface area contributed by atoms with Gasteiger partial charge in [-0.05, 0) is 50.3 Å². The zero-order chi connectivity index (χ0) is 18.6. The van der Waals surface area contributed by atoms with E-state index < -0.39 is 5.97 Å². The van der Waals surface area contributed by atoms with E-state index in [1.54, 1.807) is 12.1 Å². The third-order valence-corrected chi connectivity index (χ3v) is 5.07. The summed E-state index contributed by atoms with van der Waals surface area (Å²) in [6.45, 7) is 7.83. The average Bonchev–Trinajstić information content (AvgIpc) is 2.54. The fraction of sp³-hybridized carbons (Fsp3) is 0.476. The molecule has 0 saturated heterocycles. The van der Waals surface area contributed by atoms with Crippen LogP contribution in [0.1, 0.15) is 63.0 Å². The molecule has 4 nitrogen and oxygen atoms in total. The van der Waals surface area contributed by atoms with E-state index in [2.05, 4.69) is 13.5 Å². The van der Waals surface area contributed by atoms with Crippen molar-refractivity contribution in [2.45, 2.75) is 58.3 Å². The minimum Gasteiger partial charge on any atom is -0.507 e. The zero-order valence-electron chi connectivity index (χ0n) is 15.1. The quantitative estimate of drug-likeness (QED) is 0.373. The number of phenolic OH excluding ortho intramolecular Hbond substituents is 2. The van der Waals surface area contributed by atoms with E-state index in [0.717, 1.165) is 43.2 Å². The summed E-state index contributed by atoms with van der Waals surface area (Å²) in [5.41, 5.74) is 2.56. The first kappa shape index (κ1) is 19.1. The number of phenols is 2. The molecule has 0 saturated carbocycles. The fourth-order valence-electron chi connectivity index (χ4n) is 3.65. The van der Waals surface area contributed by atoms with Crippen LogP contribution in [0.2, 0.25) is 0 Å². The minimum atomic E-state index is -1.03. The topological polar surface area (TPSA) is 77.8 Å². The van der Waals surface area contributed by atoms with Gasteiger partial charge in [-0.25, -0.2) is 4.79 Å². The lowest BCUT2D eigenvalue weighted by molar-refractivity contribution is -0.133. The number of carboxylic acid groups (broad SMARTS) is 1. The summed E-state index contributed by atoms with van der Waals surface area (Å²) in [4.78, 5) is 11.4. The molecule has 25 heavy (non-hydrogen) atoms. The van der Waals surface area contributed by atoms with Crippen LogP contribution in [-0.2, 0) is 11.2 Å². The number of carbonyl (C=O) groups is 1. The Hall–Kier alpha value is -2.23. The number of unbranched alkanes of at least 4 members (excludes halogenated alkanes) is 2. The zero-order valence-corrected chi connectivity index (χ0v) is 15.1. The molecule has 1 aliphatic rings. The lowest BCUT2D eigenvalue weighted by atomic mass is 9.73. The van der Waals surface area contributed by atoms with Gasteiger partial charge in [0.15, 0.2) is 0 Å². The van der Waals surface area contributed by atoms with Crippen LogP contribution in [-0.4, -0.2) is 21.3 Å². The van der Waals surface area contributed by atoms with Gasteiger partial charge in [-0.15, -0.1) is 0 Å². The average molecular weight is 344 g/mol. The first-order valence-corrected chi connectivity index (χ1v) is 8.99. The van der Waals surface area contributed by atoms with Crippen LogP contribution in [0.4, 0.5) is 0 Å². The molecule has 0 radical (unpaired) electrons. The summed E-state index contributed by atoms with van der Waals surface area (Å²) >= 11 is 0. The molecule has 1 aliphatic carbocycles. The molecule has 0 aliphatic heterocycles. The molecule has 0 amide bonds. The van der Waals surface area contributed by atoms with Crippen molar-refractivity contribution in [2.24, 2.45) is 5.92 Å². The van der Waals surface area contributed by atoms with Crippen LogP contribution >= 0.6 is 0 Å². The molecule has 0 unspecified atom stereocenters. The molecule has 2 rings (SSSR count). The van der Waals surface area contributed by atoms with Crippen molar-refractivity contribution in [2.75, 3.05) is 0 Å². The predicted octanol–water partition coefficient (Wildman–Crippen LogP) is 4.91. The highest BCUT2D eigenvalue weighted by Crippen LogP contribution is 2.46. The molecule has 0 bridgehead atoms. The number of allylic oxidation sites excluding steroid dienone is 2. The van der Waals surface area contributed by atoms with Crippen molar-refractivity contribution in [1.82, 2.24) is 0 Å². The molecular weight excluding hydrogens is 316 g/mol. The van der Waals surface area contributed by atoms with Crippen molar-refractivity contribution in [1.29, 1.82) is 0 Å². The van der Waals surface area contributed by atoms with Crippen molar-refractivity contribution in [3.8, 4) is 11.5 Å². The van der Waals surface area contributed by atoms with Crippen LogP contribution in [0.5, 0.6) is 11.5 Å². The van der Waals surface area contributed by atoms with E-state index >= 15 is 0 Å². The summed E-state index contributed by atoms with van der Waals surface area (Å²) < 4.78 is 0. The van der Waals surface area contributed by atoms with Crippen LogP contribution in [0.25, 0.3) is 0 Å². The standard InChI is InChI=1S/C21H28O4/c1-4-5-6-7-15-11-18(22)20(19(23)12-15)17-10-13(2)8-9-16(17)14(3)21(24)25/h10-12,16-17,22-23H,3-9H2,1-2H3,(H,24,25)/t16-,17+/m0/s1. The van der Waals surface area contributed by atoms with E-state index in [-0.39, 0.29) is 28.9 Å². The number of rotatable bonds is 7. The third kappa shape index (κ3) is 4.44. The molecule has 0 spiro atoms. The molecule has 0 fully saturated rings. The van der Waals surface area contributed by atoms with Crippen molar-refractivity contribution >= 4 is 5.97 Å². The Kier molecular flexibility index (Phi) is 6.29. The lowest BCUT2D eigenvalue weighted by Gasteiger charge is -2.31. The van der Waals surface area contributed by atoms with Crippen molar-refractivity contribution < 1.29 is 20.1 Å². The number of aromatic hydroxyl groups is 2. The first-order chi connectivity index (χ1) is 11.8. The maximum absolute atomic E-state index is 11.4. The van der Waals surface area contributed by atoms with Gasteiger partial charge in [0, 0.05) is 23.0 Å². The molecule has 0 heterocycles. The van der Waals surface area contributed by atoms with Gasteiger partial charge < -0.3 is 15.3 Å². The predicted molar refractivity (Wildman–Crippen MR) is 99.0 cm³/mol. The fourth-order valence-corrected chi connectivity index (χ4v) is 3.65. The highest BCUT2D eigenvalue weighted by Gasteiger charge is 2.33. The number of hydrogen-bond donors (Lipinski definition) is 3. The number of aryl methyl sites for hydroxylation is 1. The molecule has 1 aromatic rings. The summed E-state index contributed by atoms with van der Waals surface area (Å²) in [7, 11) is 0. The monoisotopic (exact) mass is 344 g/mol. The number of carboxylic acids is 1. The molecule has 0 aromatic heterocycles. The largest absolute Gasteiger partial charge is 0.507 e. The van der Waals surface area contributed by atoms with Gasteiger partial charge in [0.1, 0.15) is 11.5 Å². The van der Waals surface area contributed by atoms with E-state index in [1.807, 2.05) is 13.0 Å². The molecule has 1 aromatic carbocycles. The first-order valence-electron chi connectivity index (χ1n) is 8.99. The van der Waals surface area contributed by atoms with Gasteiger partial charge in [-0.2, -0.15) is 0 Å². The Bertz CT molecular complexity index is 664. The highest BCUT2D eigenvalue weighted by molar-refractivity contribution is 5.86.